The third-order valence-corrected chi connectivity index (χ3v) is 4.34. The summed E-state index contributed by atoms with van der Waals surface area (Å²) in [5.41, 5.74) is 6.67. The van der Waals surface area contributed by atoms with Gasteiger partial charge in [-0.2, -0.15) is 5.10 Å². The predicted octanol–water partition coefficient (Wildman–Crippen LogP) is 4.18. The van der Waals surface area contributed by atoms with E-state index in [9.17, 15) is 0 Å². The number of fused-ring (bicyclic) bond motifs is 3. The Balaban J connectivity index is 1.97. The SMILES string of the molecule is CC1(C)c2ccccc2-c2ccc(-n3cccn3)cc21. The predicted molar refractivity (Wildman–Crippen MR) is 81.1 cm³/mol. The van der Waals surface area contributed by atoms with Gasteiger partial charge in [-0.15, -0.1) is 0 Å². The summed E-state index contributed by atoms with van der Waals surface area (Å²) in [5.74, 6) is 0. The monoisotopic (exact) mass is 260 g/mol. The molecule has 2 aromatic carbocycles. The van der Waals surface area contributed by atoms with Gasteiger partial charge in [0.05, 0.1) is 5.69 Å². The van der Waals surface area contributed by atoms with E-state index >= 15 is 0 Å². The van der Waals surface area contributed by atoms with Crippen LogP contribution < -0.4 is 0 Å². The Labute approximate surface area is 118 Å². The van der Waals surface area contributed by atoms with Gasteiger partial charge < -0.3 is 0 Å². The molecule has 4 rings (SSSR count). The maximum atomic E-state index is 4.33. The zero-order valence-corrected chi connectivity index (χ0v) is 11.7. The van der Waals surface area contributed by atoms with Crippen molar-refractivity contribution in [2.75, 3.05) is 0 Å². The van der Waals surface area contributed by atoms with Gasteiger partial charge in [0.2, 0.25) is 0 Å². The van der Waals surface area contributed by atoms with Crippen molar-refractivity contribution in [3.05, 3.63) is 72.1 Å². The van der Waals surface area contributed by atoms with Crippen molar-refractivity contribution in [1.82, 2.24) is 9.78 Å². The van der Waals surface area contributed by atoms with E-state index in [0.29, 0.717) is 0 Å². The van der Waals surface area contributed by atoms with Crippen LogP contribution in [0.15, 0.2) is 60.9 Å². The van der Waals surface area contributed by atoms with Crippen molar-refractivity contribution >= 4 is 0 Å². The van der Waals surface area contributed by atoms with E-state index in [2.05, 4.69) is 61.4 Å². The molecule has 98 valence electrons. The van der Waals surface area contributed by atoms with Gasteiger partial charge in [-0.05, 0) is 40.5 Å². The molecule has 1 aromatic heterocycles. The highest BCUT2D eigenvalue weighted by Crippen LogP contribution is 2.48. The second kappa shape index (κ2) is 3.83. The van der Waals surface area contributed by atoms with Crippen molar-refractivity contribution in [3.63, 3.8) is 0 Å². The average Bonchev–Trinajstić information content (AvgIpc) is 3.07. The first kappa shape index (κ1) is 11.5. The maximum absolute atomic E-state index is 4.33. The second-order valence-electron chi connectivity index (χ2n) is 5.85. The highest BCUT2D eigenvalue weighted by atomic mass is 15.3. The van der Waals surface area contributed by atoms with Crippen LogP contribution in [0.3, 0.4) is 0 Å². The molecule has 0 aliphatic heterocycles. The average molecular weight is 260 g/mol. The van der Waals surface area contributed by atoms with E-state index in [4.69, 9.17) is 0 Å². The molecule has 3 aromatic rings. The molecule has 2 heteroatoms. The number of benzene rings is 2. The highest BCUT2D eigenvalue weighted by Gasteiger charge is 2.35. The van der Waals surface area contributed by atoms with E-state index in [-0.39, 0.29) is 5.41 Å². The molecular formula is C18H16N2. The van der Waals surface area contributed by atoms with Crippen molar-refractivity contribution in [2.45, 2.75) is 19.3 Å². The third-order valence-electron chi connectivity index (χ3n) is 4.34. The zero-order valence-electron chi connectivity index (χ0n) is 11.7. The Morgan fingerprint density at radius 1 is 0.900 bits per heavy atom. The molecule has 0 radical (unpaired) electrons. The molecule has 0 bridgehead atoms. The highest BCUT2D eigenvalue weighted by molar-refractivity contribution is 5.81. The molecule has 0 atom stereocenters. The maximum Gasteiger partial charge on any atom is 0.0649 e. The molecule has 0 unspecified atom stereocenters. The van der Waals surface area contributed by atoms with Crippen LogP contribution in [0.2, 0.25) is 0 Å². The Bertz CT molecular complexity index is 783. The molecule has 1 heterocycles. The summed E-state index contributed by atoms with van der Waals surface area (Å²) >= 11 is 0. The van der Waals surface area contributed by atoms with E-state index in [0.717, 1.165) is 5.69 Å². The van der Waals surface area contributed by atoms with Crippen LogP contribution in [0.4, 0.5) is 0 Å². The molecule has 1 aliphatic rings. The minimum Gasteiger partial charge on any atom is -0.241 e. The summed E-state index contributed by atoms with van der Waals surface area (Å²) < 4.78 is 1.92. The lowest BCUT2D eigenvalue weighted by Crippen LogP contribution is -2.15. The van der Waals surface area contributed by atoms with Gasteiger partial charge >= 0.3 is 0 Å². The lowest BCUT2D eigenvalue weighted by Gasteiger charge is -2.21. The zero-order chi connectivity index (χ0) is 13.7. The molecule has 0 amide bonds. The van der Waals surface area contributed by atoms with E-state index in [1.807, 2.05) is 23.1 Å². The minimum atomic E-state index is 0.0507. The number of nitrogens with zero attached hydrogens (tertiary/aromatic N) is 2. The van der Waals surface area contributed by atoms with Gasteiger partial charge in [0, 0.05) is 17.8 Å². The van der Waals surface area contributed by atoms with Gasteiger partial charge in [-0.25, -0.2) is 4.68 Å². The quantitative estimate of drug-likeness (QED) is 0.642. The topological polar surface area (TPSA) is 17.8 Å². The van der Waals surface area contributed by atoms with Crippen LogP contribution in [0, 0.1) is 0 Å². The Morgan fingerprint density at radius 3 is 2.50 bits per heavy atom. The molecular weight excluding hydrogens is 244 g/mol. The molecule has 0 spiro atoms. The third kappa shape index (κ3) is 1.42. The lowest BCUT2D eigenvalue weighted by molar-refractivity contribution is 0.659. The summed E-state index contributed by atoms with van der Waals surface area (Å²) in [7, 11) is 0. The first-order valence-corrected chi connectivity index (χ1v) is 6.92. The van der Waals surface area contributed by atoms with Crippen molar-refractivity contribution in [1.29, 1.82) is 0 Å². The van der Waals surface area contributed by atoms with Crippen molar-refractivity contribution in [2.24, 2.45) is 0 Å². The molecule has 2 nitrogen and oxygen atoms in total. The smallest absolute Gasteiger partial charge is 0.0649 e. The van der Waals surface area contributed by atoms with Gasteiger partial charge in [-0.3, -0.25) is 0 Å². The van der Waals surface area contributed by atoms with E-state index in [1.165, 1.54) is 22.3 Å². The van der Waals surface area contributed by atoms with Crippen LogP contribution >= 0.6 is 0 Å². The molecule has 1 aliphatic carbocycles. The summed E-state index contributed by atoms with van der Waals surface area (Å²) in [5, 5.41) is 4.33. The summed E-state index contributed by atoms with van der Waals surface area (Å²) in [4.78, 5) is 0. The van der Waals surface area contributed by atoms with Crippen LogP contribution in [0.1, 0.15) is 25.0 Å². The fourth-order valence-electron chi connectivity index (χ4n) is 3.26. The first-order chi connectivity index (χ1) is 9.68. The Hall–Kier alpha value is -2.35. The van der Waals surface area contributed by atoms with Gasteiger partial charge in [0.25, 0.3) is 0 Å². The van der Waals surface area contributed by atoms with Crippen LogP contribution in [-0.4, -0.2) is 9.78 Å². The molecule has 0 saturated carbocycles. The molecule has 20 heavy (non-hydrogen) atoms. The first-order valence-electron chi connectivity index (χ1n) is 6.92. The summed E-state index contributed by atoms with van der Waals surface area (Å²) in [6, 6.07) is 17.3. The number of aromatic nitrogens is 2. The van der Waals surface area contributed by atoms with Gasteiger partial charge in [-0.1, -0.05) is 44.2 Å². The summed E-state index contributed by atoms with van der Waals surface area (Å²) in [6.45, 7) is 4.59. The molecule has 0 N–H and O–H groups in total. The van der Waals surface area contributed by atoms with Gasteiger partial charge in [0.15, 0.2) is 0 Å². The fourth-order valence-corrected chi connectivity index (χ4v) is 3.26. The van der Waals surface area contributed by atoms with Crippen LogP contribution in [0.25, 0.3) is 16.8 Å². The van der Waals surface area contributed by atoms with Crippen LogP contribution in [0.5, 0.6) is 0 Å². The van der Waals surface area contributed by atoms with Crippen LogP contribution in [-0.2, 0) is 5.41 Å². The number of hydrogen-bond donors (Lipinski definition) is 0. The Kier molecular flexibility index (Phi) is 2.19. The number of rotatable bonds is 1. The van der Waals surface area contributed by atoms with Crippen molar-refractivity contribution < 1.29 is 0 Å². The molecule has 0 saturated heterocycles. The molecule has 0 fully saturated rings. The minimum absolute atomic E-state index is 0.0507. The largest absolute Gasteiger partial charge is 0.241 e. The standard InChI is InChI=1S/C18H16N2/c1-18(2)16-7-4-3-6-14(16)15-9-8-13(12-17(15)18)20-11-5-10-19-20/h3-12H,1-2H3. The van der Waals surface area contributed by atoms with Crippen molar-refractivity contribution in [3.8, 4) is 16.8 Å². The second-order valence-corrected chi connectivity index (χ2v) is 5.85. The lowest BCUT2D eigenvalue weighted by atomic mass is 9.82. The summed E-state index contributed by atoms with van der Waals surface area (Å²) in [6.07, 6.45) is 3.80. The number of hydrogen-bond acceptors (Lipinski definition) is 1. The Morgan fingerprint density at radius 2 is 1.70 bits per heavy atom. The normalized spacial score (nSPS) is 14.9. The van der Waals surface area contributed by atoms with E-state index < -0.39 is 0 Å². The fraction of sp³-hybridized carbons (Fsp3) is 0.167. The van der Waals surface area contributed by atoms with Gasteiger partial charge in [0.1, 0.15) is 0 Å². The van der Waals surface area contributed by atoms with E-state index in [1.54, 1.807) is 0 Å².